The van der Waals surface area contributed by atoms with Gasteiger partial charge in [-0.15, -0.1) is 0 Å². The first-order valence-electron chi connectivity index (χ1n) is 3.81. The number of halogens is 2. The van der Waals surface area contributed by atoms with E-state index in [0.717, 1.165) is 12.1 Å². The number of nitriles is 1. The van der Waals surface area contributed by atoms with E-state index < -0.39 is 17.9 Å². The van der Waals surface area contributed by atoms with Crippen LogP contribution in [0.1, 0.15) is 11.1 Å². The molecule has 0 aromatic heterocycles. The zero-order valence-electron chi connectivity index (χ0n) is 7.09. The Kier molecular flexibility index (Phi) is 3.12. The Morgan fingerprint density at radius 2 is 2.07 bits per heavy atom. The molecule has 0 fully saturated rings. The number of aliphatic hydroxyl groups excluding tert-OH is 1. The zero-order chi connectivity index (χ0) is 10.7. The fourth-order valence-corrected chi connectivity index (χ4v) is 1.04. The van der Waals surface area contributed by atoms with Gasteiger partial charge in [-0.3, -0.25) is 0 Å². The third kappa shape index (κ3) is 2.25. The summed E-state index contributed by atoms with van der Waals surface area (Å²) < 4.78 is 26.0. The molecule has 0 bridgehead atoms. The molecule has 1 unspecified atom stereocenters. The van der Waals surface area contributed by atoms with Crippen LogP contribution in [0.5, 0.6) is 0 Å². The summed E-state index contributed by atoms with van der Waals surface area (Å²) >= 11 is 0. The summed E-state index contributed by atoms with van der Waals surface area (Å²) in [7, 11) is 0. The van der Waals surface area contributed by atoms with Crippen LogP contribution in [0.3, 0.4) is 0 Å². The van der Waals surface area contributed by atoms with E-state index in [1.807, 2.05) is 0 Å². The predicted octanol–water partition coefficient (Wildman–Crippen LogP) is 0.422. The molecular formula is C9H8F2NO2+. The average molecular weight is 200 g/mol. The van der Waals surface area contributed by atoms with Gasteiger partial charge in [-0.2, -0.15) is 5.26 Å². The Hall–Kier alpha value is -1.51. The Morgan fingerprint density at radius 1 is 1.43 bits per heavy atom. The summed E-state index contributed by atoms with van der Waals surface area (Å²) in [5.41, 5.74) is -0.491. The lowest BCUT2D eigenvalue weighted by Gasteiger charge is -2.03. The number of nitrogens with zero attached hydrogens (tertiary/aromatic N) is 1. The van der Waals surface area contributed by atoms with Gasteiger partial charge in [0.2, 0.25) is 0 Å². The molecule has 5 heteroatoms. The Bertz CT molecular complexity index is 385. The molecule has 74 valence electrons. The van der Waals surface area contributed by atoms with Gasteiger partial charge in [-0.1, -0.05) is 0 Å². The first-order chi connectivity index (χ1) is 6.54. The second-order valence-electron chi connectivity index (χ2n) is 2.76. The molecule has 0 spiro atoms. The maximum Gasteiger partial charge on any atom is 0.265 e. The van der Waals surface area contributed by atoms with Crippen LogP contribution < -0.4 is 0 Å². The van der Waals surface area contributed by atoms with Crippen molar-refractivity contribution >= 4 is 0 Å². The minimum absolute atomic E-state index is 0.107. The lowest BCUT2D eigenvalue weighted by atomic mass is 10.1. The van der Waals surface area contributed by atoms with Gasteiger partial charge >= 0.3 is 0 Å². The van der Waals surface area contributed by atoms with Crippen molar-refractivity contribution in [3.63, 3.8) is 0 Å². The summed E-state index contributed by atoms with van der Waals surface area (Å²) in [6, 6.07) is 3.07. The van der Waals surface area contributed by atoms with Gasteiger partial charge in [0, 0.05) is 5.56 Å². The van der Waals surface area contributed by atoms with E-state index in [1.54, 1.807) is 0 Å². The van der Waals surface area contributed by atoms with E-state index in [1.165, 1.54) is 6.07 Å². The van der Waals surface area contributed by atoms with Crippen LogP contribution >= 0.6 is 0 Å². The van der Waals surface area contributed by atoms with Gasteiger partial charge in [-0.25, -0.2) is 8.78 Å². The van der Waals surface area contributed by atoms with Crippen LogP contribution in [0.2, 0.25) is 0 Å². The largest absolute Gasteiger partial charge is 0.421 e. The molecule has 0 aliphatic carbocycles. The molecule has 1 aromatic rings. The van der Waals surface area contributed by atoms with E-state index in [9.17, 15) is 8.78 Å². The van der Waals surface area contributed by atoms with Gasteiger partial charge in [0.1, 0.15) is 17.7 Å². The molecule has 0 aliphatic heterocycles. The fraction of sp³-hybridized carbons (Fsp3) is 0.222. The Balaban J connectivity index is 3.10. The van der Waals surface area contributed by atoms with E-state index >= 15 is 0 Å². The predicted molar refractivity (Wildman–Crippen MR) is 44.4 cm³/mol. The third-order valence-corrected chi connectivity index (χ3v) is 1.67. The molecular weight excluding hydrogens is 192 g/mol. The maximum absolute atomic E-state index is 13.1. The highest BCUT2D eigenvalue weighted by Gasteiger charge is 2.13. The number of benzene rings is 1. The van der Waals surface area contributed by atoms with Gasteiger partial charge in [0.15, 0.2) is 0 Å². The summed E-state index contributed by atoms with van der Waals surface area (Å²) in [5, 5.41) is 23.8. The highest BCUT2D eigenvalue weighted by molar-refractivity contribution is 5.34. The highest BCUT2D eigenvalue weighted by Crippen LogP contribution is 2.15. The van der Waals surface area contributed by atoms with E-state index in [0.29, 0.717) is 0 Å². The molecule has 0 amide bonds. The van der Waals surface area contributed by atoms with Crippen molar-refractivity contribution in [1.82, 2.24) is 0 Å². The zero-order valence-corrected chi connectivity index (χ0v) is 7.09. The minimum Gasteiger partial charge on any atom is -0.421 e. The summed E-state index contributed by atoms with van der Waals surface area (Å²) in [6.45, 7) is 0. The van der Waals surface area contributed by atoms with Gasteiger partial charge in [0.05, 0.1) is 12.0 Å². The SMILES string of the molecule is N#Cc1cc(F)c(CC(O)[OH2+])cc1F. The lowest BCUT2D eigenvalue weighted by Crippen LogP contribution is -2.10. The highest BCUT2D eigenvalue weighted by atomic mass is 19.1. The van der Waals surface area contributed by atoms with Crippen LogP contribution in [-0.4, -0.2) is 16.5 Å². The summed E-state index contributed by atoms with van der Waals surface area (Å²) in [5.74, 6) is -1.63. The number of rotatable bonds is 2. The standard InChI is InChI=1S/C9H7F2NO2/c10-7-2-6(4-12)8(11)1-5(7)3-9(13)14/h1-2,9,13-14H,3H2/p+1. The van der Waals surface area contributed by atoms with Crippen molar-refractivity contribution in [1.29, 1.82) is 5.26 Å². The molecule has 1 rings (SSSR count). The van der Waals surface area contributed by atoms with Gasteiger partial charge in [-0.05, 0) is 12.1 Å². The quantitative estimate of drug-likeness (QED) is 0.555. The smallest absolute Gasteiger partial charge is 0.265 e. The maximum atomic E-state index is 13.1. The van der Waals surface area contributed by atoms with E-state index in [4.69, 9.17) is 15.5 Å². The van der Waals surface area contributed by atoms with Crippen molar-refractivity contribution in [3.8, 4) is 6.07 Å². The van der Waals surface area contributed by atoms with Crippen molar-refractivity contribution in [2.24, 2.45) is 0 Å². The third-order valence-electron chi connectivity index (χ3n) is 1.67. The molecule has 0 saturated carbocycles. The van der Waals surface area contributed by atoms with E-state index in [-0.39, 0.29) is 17.5 Å². The first kappa shape index (κ1) is 10.6. The van der Waals surface area contributed by atoms with Crippen molar-refractivity contribution in [3.05, 3.63) is 34.9 Å². The number of aliphatic hydroxyl groups is 1. The van der Waals surface area contributed by atoms with Crippen LogP contribution in [0.4, 0.5) is 8.78 Å². The molecule has 3 N–H and O–H groups in total. The van der Waals surface area contributed by atoms with Crippen LogP contribution in [0, 0.1) is 23.0 Å². The second kappa shape index (κ2) is 4.13. The van der Waals surface area contributed by atoms with Crippen LogP contribution in [0.15, 0.2) is 12.1 Å². The van der Waals surface area contributed by atoms with Gasteiger partial charge in [0.25, 0.3) is 6.29 Å². The van der Waals surface area contributed by atoms with E-state index in [2.05, 4.69) is 0 Å². The van der Waals surface area contributed by atoms with Crippen LogP contribution in [0.25, 0.3) is 0 Å². The molecule has 1 aromatic carbocycles. The van der Waals surface area contributed by atoms with Crippen molar-refractivity contribution in [2.45, 2.75) is 12.7 Å². The Morgan fingerprint density at radius 3 is 2.57 bits per heavy atom. The monoisotopic (exact) mass is 200 g/mol. The molecule has 14 heavy (non-hydrogen) atoms. The topological polar surface area (TPSA) is 66.9 Å². The average Bonchev–Trinajstić information content (AvgIpc) is 2.10. The number of hydrogen-bond donors (Lipinski definition) is 1. The minimum atomic E-state index is -1.49. The normalized spacial score (nSPS) is 12.2. The first-order valence-corrected chi connectivity index (χ1v) is 3.81. The molecule has 1 atom stereocenters. The molecule has 0 radical (unpaired) electrons. The fourth-order valence-electron chi connectivity index (χ4n) is 1.04. The lowest BCUT2D eigenvalue weighted by molar-refractivity contribution is -0.0387. The van der Waals surface area contributed by atoms with Crippen molar-refractivity contribution in [2.75, 3.05) is 0 Å². The molecule has 0 heterocycles. The Labute approximate surface area is 78.8 Å². The van der Waals surface area contributed by atoms with Crippen LogP contribution in [-0.2, 0) is 6.42 Å². The molecule has 0 saturated heterocycles. The van der Waals surface area contributed by atoms with Gasteiger partial charge < -0.3 is 10.2 Å². The molecule has 3 nitrogen and oxygen atoms in total. The molecule has 0 aliphatic rings. The number of hydrogen-bond acceptors (Lipinski definition) is 2. The second-order valence-corrected chi connectivity index (χ2v) is 2.76. The van der Waals surface area contributed by atoms with Crippen molar-refractivity contribution < 1.29 is 19.0 Å². The summed E-state index contributed by atoms with van der Waals surface area (Å²) in [6.07, 6.45) is -1.79. The summed E-state index contributed by atoms with van der Waals surface area (Å²) in [4.78, 5) is 0.